The molecule has 0 aromatic heterocycles. The molecule has 27 heavy (non-hydrogen) atoms. The maximum Gasteiger partial charge on any atom is 0.289 e. The molecule has 3 amide bonds. The van der Waals surface area contributed by atoms with Crippen molar-refractivity contribution in [3.63, 3.8) is 0 Å². The van der Waals surface area contributed by atoms with Crippen LogP contribution < -0.4 is 16.4 Å². The lowest BCUT2D eigenvalue weighted by Crippen LogP contribution is -2.47. The van der Waals surface area contributed by atoms with Crippen LogP contribution in [0.2, 0.25) is 0 Å². The Morgan fingerprint density at radius 1 is 1.07 bits per heavy atom. The lowest BCUT2D eigenvalue weighted by Gasteiger charge is -2.22. The number of likely N-dealkylation sites (N-methyl/N-ethyl adjacent to an activating group) is 1. The monoisotopic (exact) mass is 376 g/mol. The second-order valence-electron chi connectivity index (χ2n) is 6.93. The number of hydrogen-bond donors (Lipinski definition) is 3. The predicted octanol–water partition coefficient (Wildman–Crippen LogP) is -0.00920. The van der Waals surface area contributed by atoms with Crippen molar-refractivity contribution < 1.29 is 19.2 Å². The highest BCUT2D eigenvalue weighted by Gasteiger charge is 2.26. The quantitative estimate of drug-likeness (QED) is 0.523. The lowest BCUT2D eigenvalue weighted by molar-refractivity contribution is -0.139. The van der Waals surface area contributed by atoms with Gasteiger partial charge in [0.2, 0.25) is 17.6 Å². The molecule has 0 bridgehead atoms. The average molecular weight is 376 g/mol. The number of nitrogens with zero attached hydrogens (tertiary/aromatic N) is 1. The topological polar surface area (TPSA) is 122 Å². The van der Waals surface area contributed by atoms with Gasteiger partial charge in [-0.05, 0) is 17.9 Å². The van der Waals surface area contributed by atoms with E-state index in [1.54, 1.807) is 44.4 Å². The number of nitrogens with one attached hydrogen (secondary N) is 2. The lowest BCUT2D eigenvalue weighted by atomic mass is 10.0. The summed E-state index contributed by atoms with van der Waals surface area (Å²) in [5.74, 6) is -2.40. The van der Waals surface area contributed by atoms with Crippen LogP contribution in [0, 0.1) is 5.92 Å². The van der Waals surface area contributed by atoms with Crippen molar-refractivity contribution in [1.29, 1.82) is 0 Å². The van der Waals surface area contributed by atoms with Crippen LogP contribution in [0.4, 0.5) is 0 Å². The Labute approximate surface area is 159 Å². The summed E-state index contributed by atoms with van der Waals surface area (Å²) < 4.78 is 0. The molecule has 4 N–H and O–H groups in total. The number of amides is 3. The van der Waals surface area contributed by atoms with Crippen molar-refractivity contribution in [3.05, 3.63) is 35.9 Å². The van der Waals surface area contributed by atoms with Crippen LogP contribution in [0.5, 0.6) is 0 Å². The van der Waals surface area contributed by atoms with Gasteiger partial charge in [0, 0.05) is 14.1 Å². The van der Waals surface area contributed by atoms with Crippen molar-refractivity contribution in [1.82, 2.24) is 15.5 Å². The summed E-state index contributed by atoms with van der Waals surface area (Å²) in [6, 6.07) is 6.97. The van der Waals surface area contributed by atoms with Gasteiger partial charge in [0.1, 0.15) is 6.04 Å². The molecule has 8 nitrogen and oxygen atoms in total. The molecule has 2 atom stereocenters. The van der Waals surface area contributed by atoms with Crippen LogP contribution in [-0.4, -0.2) is 55.1 Å². The number of hydrogen-bond acceptors (Lipinski definition) is 5. The largest absolute Gasteiger partial charge is 0.347 e. The van der Waals surface area contributed by atoms with Crippen LogP contribution in [0.3, 0.4) is 0 Å². The molecule has 148 valence electrons. The van der Waals surface area contributed by atoms with E-state index in [1.807, 2.05) is 13.8 Å². The van der Waals surface area contributed by atoms with Crippen molar-refractivity contribution in [2.75, 3.05) is 20.6 Å². The Bertz CT molecular complexity index is 674. The van der Waals surface area contributed by atoms with Crippen LogP contribution >= 0.6 is 0 Å². The highest BCUT2D eigenvalue weighted by molar-refractivity contribution is 6.38. The van der Waals surface area contributed by atoms with Gasteiger partial charge in [-0.1, -0.05) is 44.2 Å². The van der Waals surface area contributed by atoms with Gasteiger partial charge in [-0.25, -0.2) is 0 Å². The van der Waals surface area contributed by atoms with E-state index in [0.29, 0.717) is 12.0 Å². The van der Waals surface area contributed by atoms with Crippen LogP contribution in [0.25, 0.3) is 0 Å². The summed E-state index contributed by atoms with van der Waals surface area (Å²) in [6.07, 6.45) is 0.381. The van der Waals surface area contributed by atoms with E-state index >= 15 is 0 Å². The van der Waals surface area contributed by atoms with Crippen LogP contribution in [-0.2, 0) is 19.2 Å². The molecule has 0 fully saturated rings. The molecule has 0 spiro atoms. The van der Waals surface area contributed by atoms with Gasteiger partial charge >= 0.3 is 0 Å². The third-order valence-electron chi connectivity index (χ3n) is 3.82. The van der Waals surface area contributed by atoms with Crippen LogP contribution in [0.1, 0.15) is 31.9 Å². The molecule has 1 aromatic rings. The summed E-state index contributed by atoms with van der Waals surface area (Å²) in [5, 5.41) is 4.84. The van der Waals surface area contributed by atoms with Gasteiger partial charge in [-0.3, -0.25) is 19.2 Å². The summed E-state index contributed by atoms with van der Waals surface area (Å²) in [5.41, 5.74) is 6.31. The molecule has 0 heterocycles. The molecule has 8 heteroatoms. The summed E-state index contributed by atoms with van der Waals surface area (Å²) >= 11 is 0. The fourth-order valence-corrected chi connectivity index (χ4v) is 2.43. The standard InChI is InChI=1S/C19H28N4O4/c1-12(2)10-14(20)17(25)18(26)21-11-15(24)22-16(19(27)23(3)4)13-8-6-5-7-9-13/h5-9,12,14,16H,10-11,20H2,1-4H3,(H,21,26)(H,22,24). The fourth-order valence-electron chi connectivity index (χ4n) is 2.43. The first-order chi connectivity index (χ1) is 12.6. The predicted molar refractivity (Wildman–Crippen MR) is 101 cm³/mol. The second kappa shape index (κ2) is 10.4. The van der Waals surface area contributed by atoms with E-state index in [2.05, 4.69) is 10.6 Å². The molecule has 0 saturated carbocycles. The van der Waals surface area contributed by atoms with Crippen molar-refractivity contribution in [2.45, 2.75) is 32.4 Å². The zero-order valence-corrected chi connectivity index (χ0v) is 16.2. The number of benzene rings is 1. The van der Waals surface area contributed by atoms with Gasteiger partial charge in [0.25, 0.3) is 5.91 Å². The molecule has 0 aliphatic rings. The Kier molecular flexibility index (Phi) is 8.61. The SMILES string of the molecule is CC(C)CC(N)C(=O)C(=O)NCC(=O)NC(C(=O)N(C)C)c1ccccc1. The molecule has 1 rings (SSSR count). The maximum atomic E-state index is 12.4. The van der Waals surface area contributed by atoms with Crippen molar-refractivity contribution in [2.24, 2.45) is 11.7 Å². The van der Waals surface area contributed by atoms with Crippen molar-refractivity contribution in [3.8, 4) is 0 Å². The number of nitrogens with two attached hydrogens (primary N) is 1. The number of rotatable bonds is 9. The van der Waals surface area contributed by atoms with Gasteiger partial charge < -0.3 is 21.3 Å². The first kappa shape index (κ1) is 22.3. The molecule has 0 saturated heterocycles. The van der Waals surface area contributed by atoms with Gasteiger partial charge in [-0.2, -0.15) is 0 Å². The number of Topliss-reactive ketones (excluding diaryl/α,β-unsaturated/α-hetero) is 1. The summed E-state index contributed by atoms with van der Waals surface area (Å²) in [4.78, 5) is 49.7. The molecular weight excluding hydrogens is 348 g/mol. The number of carbonyl (C=O) groups excluding carboxylic acids is 4. The van der Waals surface area contributed by atoms with Gasteiger partial charge in [0.15, 0.2) is 0 Å². The maximum absolute atomic E-state index is 12.4. The van der Waals surface area contributed by atoms with E-state index in [-0.39, 0.29) is 11.8 Å². The van der Waals surface area contributed by atoms with Gasteiger partial charge in [-0.15, -0.1) is 0 Å². The number of ketones is 1. The smallest absolute Gasteiger partial charge is 0.289 e. The van der Waals surface area contributed by atoms with E-state index < -0.39 is 36.2 Å². The third-order valence-corrected chi connectivity index (χ3v) is 3.82. The van der Waals surface area contributed by atoms with Crippen molar-refractivity contribution >= 4 is 23.5 Å². The summed E-state index contributed by atoms with van der Waals surface area (Å²) in [7, 11) is 3.17. The van der Waals surface area contributed by atoms with Gasteiger partial charge in [0.05, 0.1) is 12.6 Å². The molecule has 0 aliphatic heterocycles. The molecular formula is C19H28N4O4. The normalized spacial score (nSPS) is 12.8. The first-order valence-corrected chi connectivity index (χ1v) is 8.76. The zero-order valence-electron chi connectivity index (χ0n) is 16.2. The first-order valence-electron chi connectivity index (χ1n) is 8.76. The Morgan fingerprint density at radius 2 is 1.67 bits per heavy atom. The second-order valence-corrected chi connectivity index (χ2v) is 6.93. The Morgan fingerprint density at radius 3 is 2.19 bits per heavy atom. The highest BCUT2D eigenvalue weighted by atomic mass is 16.2. The van der Waals surface area contributed by atoms with Crippen LogP contribution in [0.15, 0.2) is 30.3 Å². The zero-order chi connectivity index (χ0) is 20.6. The fraction of sp³-hybridized carbons (Fsp3) is 0.474. The molecule has 0 aliphatic carbocycles. The molecule has 2 unspecified atom stereocenters. The Balaban J connectivity index is 2.68. The van der Waals surface area contributed by atoms with E-state index in [4.69, 9.17) is 5.73 Å². The summed E-state index contributed by atoms with van der Waals surface area (Å²) in [6.45, 7) is 3.36. The van der Waals surface area contributed by atoms with E-state index in [9.17, 15) is 19.2 Å². The third kappa shape index (κ3) is 7.18. The highest BCUT2D eigenvalue weighted by Crippen LogP contribution is 2.14. The molecule has 1 aromatic carbocycles. The average Bonchev–Trinajstić information content (AvgIpc) is 2.62. The minimum atomic E-state index is -0.909. The molecule has 0 radical (unpaired) electrons. The Hall–Kier alpha value is -2.74. The number of carbonyl (C=O) groups is 4. The van der Waals surface area contributed by atoms with E-state index in [0.717, 1.165) is 0 Å². The minimum absolute atomic E-state index is 0.170. The minimum Gasteiger partial charge on any atom is -0.347 e. The van der Waals surface area contributed by atoms with E-state index in [1.165, 1.54) is 4.90 Å².